The molecule has 2 atom stereocenters. The van der Waals surface area contributed by atoms with Crippen molar-refractivity contribution in [3.05, 3.63) is 24.8 Å². The van der Waals surface area contributed by atoms with Gasteiger partial charge in [-0.15, -0.1) is 6.58 Å². The molecule has 0 spiro atoms. The molecule has 1 aliphatic heterocycles. The first kappa shape index (κ1) is 9.19. The van der Waals surface area contributed by atoms with Crippen LogP contribution in [0.2, 0.25) is 0 Å². The highest BCUT2D eigenvalue weighted by molar-refractivity contribution is 6.06. The van der Waals surface area contributed by atoms with Gasteiger partial charge in [0.05, 0.1) is 11.8 Å². The third kappa shape index (κ3) is 1.20. The van der Waals surface area contributed by atoms with E-state index in [0.29, 0.717) is 6.54 Å². The first-order chi connectivity index (χ1) is 6.75. The van der Waals surface area contributed by atoms with Gasteiger partial charge in [-0.25, -0.2) is 0 Å². The van der Waals surface area contributed by atoms with E-state index in [-0.39, 0.29) is 23.7 Å². The summed E-state index contributed by atoms with van der Waals surface area (Å²) in [6, 6.07) is 0. The molecule has 74 valence electrons. The predicted octanol–water partition coefficient (Wildman–Crippen LogP) is 1.12. The second kappa shape index (κ2) is 3.40. The molecule has 3 nitrogen and oxygen atoms in total. The van der Waals surface area contributed by atoms with Crippen LogP contribution in [0.1, 0.15) is 12.8 Å². The number of allylic oxidation sites excluding steroid dienone is 1. The summed E-state index contributed by atoms with van der Waals surface area (Å²) in [4.78, 5) is 24.8. The Kier molecular flexibility index (Phi) is 2.23. The van der Waals surface area contributed by atoms with E-state index in [4.69, 9.17) is 0 Å². The predicted molar refractivity (Wildman–Crippen MR) is 52.3 cm³/mol. The van der Waals surface area contributed by atoms with Crippen LogP contribution < -0.4 is 0 Å². The molecule has 14 heavy (non-hydrogen) atoms. The third-order valence-corrected chi connectivity index (χ3v) is 2.87. The minimum absolute atomic E-state index is 0.0238. The largest absolute Gasteiger partial charge is 0.278 e. The highest BCUT2D eigenvalue weighted by Crippen LogP contribution is 2.33. The summed E-state index contributed by atoms with van der Waals surface area (Å²) in [6.07, 6.45) is 7.17. The SMILES string of the molecule is C=CCN1C(=O)C2C=CCCC2C1=O. The van der Waals surface area contributed by atoms with Crippen LogP contribution in [0.25, 0.3) is 0 Å². The van der Waals surface area contributed by atoms with Crippen LogP contribution in [0.5, 0.6) is 0 Å². The van der Waals surface area contributed by atoms with Crippen molar-refractivity contribution >= 4 is 11.8 Å². The van der Waals surface area contributed by atoms with E-state index in [2.05, 4.69) is 6.58 Å². The van der Waals surface area contributed by atoms with Gasteiger partial charge in [0.25, 0.3) is 0 Å². The van der Waals surface area contributed by atoms with E-state index in [1.165, 1.54) is 4.90 Å². The average molecular weight is 191 g/mol. The molecule has 1 heterocycles. The molecule has 1 aliphatic carbocycles. The number of carbonyl (C=O) groups is 2. The number of hydrogen-bond acceptors (Lipinski definition) is 2. The van der Waals surface area contributed by atoms with E-state index in [1.807, 2.05) is 12.2 Å². The van der Waals surface area contributed by atoms with Crippen LogP contribution in [0, 0.1) is 11.8 Å². The third-order valence-electron chi connectivity index (χ3n) is 2.87. The Morgan fingerprint density at radius 2 is 2.29 bits per heavy atom. The van der Waals surface area contributed by atoms with E-state index in [1.54, 1.807) is 6.08 Å². The number of imide groups is 1. The van der Waals surface area contributed by atoms with Crippen molar-refractivity contribution in [2.24, 2.45) is 11.8 Å². The maximum Gasteiger partial charge on any atom is 0.237 e. The van der Waals surface area contributed by atoms with Gasteiger partial charge in [0.1, 0.15) is 0 Å². The van der Waals surface area contributed by atoms with Crippen molar-refractivity contribution in [3.63, 3.8) is 0 Å². The zero-order valence-electron chi connectivity index (χ0n) is 7.98. The number of nitrogens with zero attached hydrogens (tertiary/aromatic N) is 1. The minimum atomic E-state index is -0.198. The van der Waals surface area contributed by atoms with Crippen molar-refractivity contribution in [2.75, 3.05) is 6.54 Å². The lowest BCUT2D eigenvalue weighted by molar-refractivity contribution is -0.139. The van der Waals surface area contributed by atoms with E-state index >= 15 is 0 Å². The maximum atomic E-state index is 11.8. The number of hydrogen-bond donors (Lipinski definition) is 0. The number of fused-ring (bicyclic) bond motifs is 1. The number of rotatable bonds is 2. The maximum absolute atomic E-state index is 11.8. The van der Waals surface area contributed by atoms with Gasteiger partial charge in [-0.2, -0.15) is 0 Å². The molecular formula is C11H13NO2. The van der Waals surface area contributed by atoms with Crippen LogP contribution in [-0.4, -0.2) is 23.3 Å². The molecule has 2 amide bonds. The molecule has 0 aromatic rings. The lowest BCUT2D eigenvalue weighted by Crippen LogP contribution is -2.30. The van der Waals surface area contributed by atoms with Crippen molar-refractivity contribution in [3.8, 4) is 0 Å². The fraction of sp³-hybridized carbons (Fsp3) is 0.455. The molecule has 3 heteroatoms. The summed E-state index contributed by atoms with van der Waals surface area (Å²) >= 11 is 0. The van der Waals surface area contributed by atoms with Crippen LogP contribution in [-0.2, 0) is 9.59 Å². The molecule has 0 bridgehead atoms. The van der Waals surface area contributed by atoms with Gasteiger partial charge in [-0.3, -0.25) is 14.5 Å². The van der Waals surface area contributed by atoms with Gasteiger partial charge < -0.3 is 0 Å². The summed E-state index contributed by atoms with van der Waals surface area (Å²) in [5.41, 5.74) is 0. The second-order valence-electron chi connectivity index (χ2n) is 3.71. The Morgan fingerprint density at radius 3 is 2.93 bits per heavy atom. The van der Waals surface area contributed by atoms with E-state index < -0.39 is 0 Å². The van der Waals surface area contributed by atoms with Crippen molar-refractivity contribution < 1.29 is 9.59 Å². The Labute approximate surface area is 83.1 Å². The summed E-state index contributed by atoms with van der Waals surface area (Å²) in [5.74, 6) is -0.385. The number of likely N-dealkylation sites (tertiary alicyclic amines) is 1. The summed E-state index contributed by atoms with van der Waals surface area (Å²) in [7, 11) is 0. The van der Waals surface area contributed by atoms with Gasteiger partial charge in [0, 0.05) is 6.54 Å². The van der Waals surface area contributed by atoms with E-state index in [9.17, 15) is 9.59 Å². The fourth-order valence-electron chi connectivity index (χ4n) is 2.16. The Hall–Kier alpha value is -1.38. The highest BCUT2D eigenvalue weighted by Gasteiger charge is 2.45. The molecule has 0 saturated carbocycles. The molecule has 2 rings (SSSR count). The number of carbonyl (C=O) groups excluding carboxylic acids is 2. The minimum Gasteiger partial charge on any atom is -0.278 e. The quantitative estimate of drug-likeness (QED) is 0.484. The van der Waals surface area contributed by atoms with Crippen LogP contribution in [0.4, 0.5) is 0 Å². The lowest BCUT2D eigenvalue weighted by Gasteiger charge is -2.14. The zero-order valence-corrected chi connectivity index (χ0v) is 7.98. The molecule has 1 fully saturated rings. The Bertz CT molecular complexity index is 319. The standard InChI is InChI=1S/C11H13NO2/c1-2-7-12-10(13)8-5-3-4-6-9(8)11(12)14/h2-3,5,8-9H,1,4,6-7H2. The fourth-order valence-corrected chi connectivity index (χ4v) is 2.16. The number of amides is 2. The summed E-state index contributed by atoms with van der Waals surface area (Å²) in [5, 5.41) is 0. The summed E-state index contributed by atoms with van der Waals surface area (Å²) < 4.78 is 0. The molecule has 1 saturated heterocycles. The highest BCUT2D eigenvalue weighted by atomic mass is 16.2. The van der Waals surface area contributed by atoms with Crippen LogP contribution in [0.15, 0.2) is 24.8 Å². The van der Waals surface area contributed by atoms with Crippen molar-refractivity contribution in [1.82, 2.24) is 4.90 Å². The smallest absolute Gasteiger partial charge is 0.237 e. The monoisotopic (exact) mass is 191 g/mol. The topological polar surface area (TPSA) is 37.4 Å². The first-order valence-electron chi connectivity index (χ1n) is 4.88. The van der Waals surface area contributed by atoms with Crippen molar-refractivity contribution in [2.45, 2.75) is 12.8 Å². The lowest BCUT2D eigenvalue weighted by atomic mass is 9.86. The molecule has 0 N–H and O–H groups in total. The second-order valence-corrected chi connectivity index (χ2v) is 3.71. The van der Waals surface area contributed by atoms with Gasteiger partial charge in [-0.1, -0.05) is 18.2 Å². The van der Waals surface area contributed by atoms with Gasteiger partial charge >= 0.3 is 0 Å². The molecule has 0 aromatic heterocycles. The van der Waals surface area contributed by atoms with Crippen LogP contribution >= 0.6 is 0 Å². The molecule has 0 radical (unpaired) electrons. The van der Waals surface area contributed by atoms with Gasteiger partial charge in [-0.05, 0) is 12.8 Å². The zero-order chi connectivity index (χ0) is 10.1. The normalized spacial score (nSPS) is 30.7. The van der Waals surface area contributed by atoms with Gasteiger partial charge in [0.15, 0.2) is 0 Å². The molecule has 0 aromatic carbocycles. The molecular weight excluding hydrogens is 178 g/mol. The molecule has 2 aliphatic rings. The van der Waals surface area contributed by atoms with Crippen LogP contribution in [0.3, 0.4) is 0 Å². The van der Waals surface area contributed by atoms with Crippen molar-refractivity contribution in [1.29, 1.82) is 0 Å². The van der Waals surface area contributed by atoms with E-state index in [0.717, 1.165) is 12.8 Å². The molecule has 2 unspecified atom stereocenters. The summed E-state index contributed by atoms with van der Waals surface area (Å²) in [6.45, 7) is 3.89. The average Bonchev–Trinajstić information content (AvgIpc) is 2.45. The Balaban J connectivity index is 2.26. The Morgan fingerprint density at radius 1 is 1.50 bits per heavy atom. The van der Waals surface area contributed by atoms with Gasteiger partial charge in [0.2, 0.25) is 11.8 Å². The first-order valence-corrected chi connectivity index (χ1v) is 4.88.